The predicted molar refractivity (Wildman–Crippen MR) is 66.6 cm³/mol. The van der Waals surface area contributed by atoms with E-state index in [1.165, 1.54) is 17.0 Å². The van der Waals surface area contributed by atoms with Gasteiger partial charge in [0.05, 0.1) is 0 Å². The summed E-state index contributed by atoms with van der Waals surface area (Å²) in [6.07, 6.45) is 1.12. The van der Waals surface area contributed by atoms with E-state index < -0.39 is 0 Å². The van der Waals surface area contributed by atoms with Gasteiger partial charge in [-0.15, -0.1) is 0 Å². The van der Waals surface area contributed by atoms with Crippen molar-refractivity contribution in [3.8, 4) is 0 Å². The summed E-state index contributed by atoms with van der Waals surface area (Å²) in [6.45, 7) is 6.64. The largest absolute Gasteiger partial charge is 0.346 e. The first-order valence-corrected chi connectivity index (χ1v) is 6.28. The van der Waals surface area contributed by atoms with Gasteiger partial charge in [-0.2, -0.15) is 11.3 Å². The number of hydrogen-bond donors (Lipinski definition) is 0. The molecule has 2 aromatic heterocycles. The molecule has 0 aliphatic carbocycles. The lowest BCUT2D eigenvalue weighted by molar-refractivity contribution is 0.525. The van der Waals surface area contributed by atoms with Crippen LogP contribution in [0.2, 0.25) is 0 Å². The van der Waals surface area contributed by atoms with Gasteiger partial charge in [-0.25, -0.2) is 0 Å². The zero-order chi connectivity index (χ0) is 10.8. The second-order valence-corrected chi connectivity index (χ2v) is 4.95. The Morgan fingerprint density at radius 1 is 1.20 bits per heavy atom. The van der Waals surface area contributed by atoms with Crippen LogP contribution >= 0.6 is 11.3 Å². The fourth-order valence-corrected chi connectivity index (χ4v) is 2.90. The summed E-state index contributed by atoms with van der Waals surface area (Å²) in [5, 5.41) is 4.39. The number of thiophene rings is 1. The van der Waals surface area contributed by atoms with Crippen LogP contribution in [0.1, 0.15) is 29.9 Å². The van der Waals surface area contributed by atoms with Crippen LogP contribution < -0.4 is 0 Å². The minimum absolute atomic E-state index is 0.551. The highest BCUT2D eigenvalue weighted by atomic mass is 32.1. The first-order valence-electron chi connectivity index (χ1n) is 5.34. The lowest BCUT2D eigenvalue weighted by Crippen LogP contribution is -2.10. The van der Waals surface area contributed by atoms with Crippen molar-refractivity contribution in [3.05, 3.63) is 45.9 Å². The van der Waals surface area contributed by atoms with E-state index in [9.17, 15) is 0 Å². The molecule has 2 aromatic rings. The van der Waals surface area contributed by atoms with Gasteiger partial charge >= 0.3 is 0 Å². The number of aromatic nitrogens is 1. The third-order valence-corrected chi connectivity index (χ3v) is 3.61. The summed E-state index contributed by atoms with van der Waals surface area (Å²) in [7, 11) is 0. The van der Waals surface area contributed by atoms with Crippen molar-refractivity contribution in [1.29, 1.82) is 0 Å². The van der Waals surface area contributed by atoms with Gasteiger partial charge in [0, 0.05) is 17.4 Å². The summed E-state index contributed by atoms with van der Waals surface area (Å²) in [5.41, 5.74) is 4.16. The molecule has 0 saturated heterocycles. The number of rotatable bonds is 3. The highest BCUT2D eigenvalue weighted by Crippen LogP contribution is 2.20. The Morgan fingerprint density at radius 2 is 1.87 bits per heavy atom. The highest BCUT2D eigenvalue weighted by molar-refractivity contribution is 7.07. The van der Waals surface area contributed by atoms with Gasteiger partial charge in [-0.05, 0) is 61.7 Å². The fourth-order valence-electron chi connectivity index (χ4n) is 2.22. The van der Waals surface area contributed by atoms with Crippen molar-refractivity contribution in [2.24, 2.45) is 0 Å². The summed E-state index contributed by atoms with van der Waals surface area (Å²) in [5.74, 6) is 0. The molecule has 0 aliphatic rings. The maximum absolute atomic E-state index is 2.41. The predicted octanol–water partition coefficient (Wildman–Crippen LogP) is 3.97. The third-order valence-electron chi connectivity index (χ3n) is 2.88. The van der Waals surface area contributed by atoms with Crippen molar-refractivity contribution in [2.45, 2.75) is 33.2 Å². The number of aryl methyl sites for hydroxylation is 2. The molecule has 0 N–H and O–H groups in total. The van der Waals surface area contributed by atoms with Gasteiger partial charge in [0.15, 0.2) is 0 Å². The van der Waals surface area contributed by atoms with Crippen LogP contribution in [0.3, 0.4) is 0 Å². The standard InChI is InChI=1S/C13H17NS/c1-10-4-5-11(2)14(10)12(3)8-13-6-7-15-9-13/h4-7,9,12H,8H2,1-3H3. The molecule has 2 heteroatoms. The maximum Gasteiger partial charge on any atom is 0.0348 e. The molecule has 0 amide bonds. The lowest BCUT2D eigenvalue weighted by Gasteiger charge is -2.17. The quantitative estimate of drug-likeness (QED) is 0.736. The minimum Gasteiger partial charge on any atom is -0.346 e. The Bertz CT molecular complexity index is 406. The van der Waals surface area contributed by atoms with Crippen LogP contribution in [-0.4, -0.2) is 4.57 Å². The molecule has 0 aromatic carbocycles. The molecule has 2 heterocycles. The van der Waals surface area contributed by atoms with E-state index >= 15 is 0 Å². The smallest absolute Gasteiger partial charge is 0.0348 e. The molecule has 15 heavy (non-hydrogen) atoms. The summed E-state index contributed by atoms with van der Waals surface area (Å²) < 4.78 is 2.41. The molecular weight excluding hydrogens is 202 g/mol. The average molecular weight is 219 g/mol. The normalized spacial score (nSPS) is 13.0. The minimum atomic E-state index is 0.551. The van der Waals surface area contributed by atoms with Gasteiger partial charge in [-0.1, -0.05) is 0 Å². The van der Waals surface area contributed by atoms with Crippen molar-refractivity contribution in [3.63, 3.8) is 0 Å². The molecule has 0 bridgehead atoms. The Kier molecular flexibility index (Phi) is 2.96. The molecule has 80 valence electrons. The van der Waals surface area contributed by atoms with Crippen LogP contribution in [0.15, 0.2) is 29.0 Å². The Hall–Kier alpha value is -1.02. The molecule has 0 saturated carbocycles. The van der Waals surface area contributed by atoms with E-state index in [4.69, 9.17) is 0 Å². The zero-order valence-electron chi connectivity index (χ0n) is 9.53. The average Bonchev–Trinajstić information content (AvgIpc) is 2.77. The molecule has 2 rings (SSSR count). The van der Waals surface area contributed by atoms with Gasteiger partial charge < -0.3 is 4.57 Å². The van der Waals surface area contributed by atoms with E-state index in [0.29, 0.717) is 6.04 Å². The van der Waals surface area contributed by atoms with Crippen molar-refractivity contribution < 1.29 is 0 Å². The molecule has 0 radical (unpaired) electrons. The highest BCUT2D eigenvalue weighted by Gasteiger charge is 2.10. The van der Waals surface area contributed by atoms with Crippen LogP contribution in [-0.2, 0) is 6.42 Å². The van der Waals surface area contributed by atoms with Crippen molar-refractivity contribution in [2.75, 3.05) is 0 Å². The first-order chi connectivity index (χ1) is 7.18. The second-order valence-electron chi connectivity index (χ2n) is 4.17. The Labute approximate surface area is 95.4 Å². The summed E-state index contributed by atoms with van der Waals surface area (Å²) in [4.78, 5) is 0. The Morgan fingerprint density at radius 3 is 2.40 bits per heavy atom. The monoisotopic (exact) mass is 219 g/mol. The van der Waals surface area contributed by atoms with Crippen LogP contribution in [0, 0.1) is 13.8 Å². The molecule has 0 fully saturated rings. The fraction of sp³-hybridized carbons (Fsp3) is 0.385. The van der Waals surface area contributed by atoms with E-state index in [1.807, 2.05) is 0 Å². The summed E-state index contributed by atoms with van der Waals surface area (Å²) in [6, 6.07) is 7.16. The van der Waals surface area contributed by atoms with Crippen LogP contribution in [0.4, 0.5) is 0 Å². The SMILES string of the molecule is Cc1ccc(C)n1C(C)Cc1ccsc1. The Balaban J connectivity index is 2.18. The van der Waals surface area contributed by atoms with Crippen LogP contribution in [0.25, 0.3) is 0 Å². The molecular formula is C13H17NS. The van der Waals surface area contributed by atoms with E-state index in [-0.39, 0.29) is 0 Å². The first kappa shape index (κ1) is 10.5. The number of hydrogen-bond acceptors (Lipinski definition) is 1. The molecule has 1 atom stereocenters. The van der Waals surface area contributed by atoms with E-state index in [0.717, 1.165) is 6.42 Å². The van der Waals surface area contributed by atoms with Gasteiger partial charge in [0.1, 0.15) is 0 Å². The molecule has 0 spiro atoms. The van der Waals surface area contributed by atoms with Crippen LogP contribution in [0.5, 0.6) is 0 Å². The van der Waals surface area contributed by atoms with E-state index in [1.54, 1.807) is 11.3 Å². The second kappa shape index (κ2) is 4.23. The van der Waals surface area contributed by atoms with Gasteiger partial charge in [-0.3, -0.25) is 0 Å². The van der Waals surface area contributed by atoms with E-state index in [2.05, 4.69) is 54.3 Å². The molecule has 0 aliphatic heterocycles. The van der Waals surface area contributed by atoms with Crippen molar-refractivity contribution >= 4 is 11.3 Å². The number of nitrogens with zero attached hydrogens (tertiary/aromatic N) is 1. The van der Waals surface area contributed by atoms with Crippen molar-refractivity contribution in [1.82, 2.24) is 4.57 Å². The zero-order valence-corrected chi connectivity index (χ0v) is 10.3. The van der Waals surface area contributed by atoms with Gasteiger partial charge in [0.25, 0.3) is 0 Å². The maximum atomic E-state index is 2.41. The topological polar surface area (TPSA) is 4.93 Å². The third kappa shape index (κ3) is 2.15. The lowest BCUT2D eigenvalue weighted by atomic mass is 10.1. The molecule has 1 unspecified atom stereocenters. The summed E-state index contributed by atoms with van der Waals surface area (Å²) >= 11 is 1.78. The van der Waals surface area contributed by atoms with Gasteiger partial charge in [0.2, 0.25) is 0 Å². The molecule has 1 nitrogen and oxygen atoms in total.